The third kappa shape index (κ3) is 3.20. The summed E-state index contributed by atoms with van der Waals surface area (Å²) in [6.07, 6.45) is 4.06. The molecule has 1 saturated heterocycles. The van der Waals surface area contributed by atoms with E-state index in [0.29, 0.717) is 11.9 Å². The van der Waals surface area contributed by atoms with E-state index in [-0.39, 0.29) is 5.69 Å². The van der Waals surface area contributed by atoms with Gasteiger partial charge in [-0.15, -0.1) is 0 Å². The minimum Gasteiger partial charge on any atom is -0.476 e. The molecule has 1 atom stereocenters. The summed E-state index contributed by atoms with van der Waals surface area (Å²) in [6, 6.07) is 0.596. The van der Waals surface area contributed by atoms with Crippen LogP contribution in [0, 0.1) is 0 Å². The fourth-order valence-corrected chi connectivity index (χ4v) is 2.26. The molecule has 104 valence electrons. The minimum absolute atomic E-state index is 0.00172. The molecule has 1 aliphatic heterocycles. The molecule has 0 saturated carbocycles. The second kappa shape index (κ2) is 5.97. The van der Waals surface area contributed by atoms with Crippen molar-refractivity contribution in [2.75, 3.05) is 31.1 Å². The molecule has 2 rings (SSSR count). The van der Waals surface area contributed by atoms with Gasteiger partial charge in [0, 0.05) is 32.2 Å². The van der Waals surface area contributed by atoms with Gasteiger partial charge in [-0.3, -0.25) is 9.88 Å². The van der Waals surface area contributed by atoms with E-state index in [9.17, 15) is 4.79 Å². The van der Waals surface area contributed by atoms with Gasteiger partial charge in [0.1, 0.15) is 5.82 Å². The number of nitrogens with zero attached hydrogens (tertiary/aromatic N) is 4. The van der Waals surface area contributed by atoms with Crippen LogP contribution in [0.3, 0.4) is 0 Å². The summed E-state index contributed by atoms with van der Waals surface area (Å²) in [4.78, 5) is 23.5. The number of carbonyl (C=O) groups is 1. The Balaban J connectivity index is 2.01. The van der Waals surface area contributed by atoms with Crippen LogP contribution in [-0.2, 0) is 0 Å². The number of carboxylic acids is 1. The molecule has 1 aromatic heterocycles. The van der Waals surface area contributed by atoms with Gasteiger partial charge in [-0.1, -0.05) is 6.92 Å². The van der Waals surface area contributed by atoms with Crippen molar-refractivity contribution in [3.63, 3.8) is 0 Å². The molecule has 19 heavy (non-hydrogen) atoms. The average Bonchev–Trinajstić information content (AvgIpc) is 2.46. The SMILES string of the molecule is CCC(C)N1CCN(c2cncc(C(=O)O)n2)CC1. The molecule has 1 N–H and O–H groups in total. The van der Waals surface area contributed by atoms with Gasteiger partial charge in [0.15, 0.2) is 5.69 Å². The highest BCUT2D eigenvalue weighted by Crippen LogP contribution is 2.15. The van der Waals surface area contributed by atoms with E-state index in [1.807, 2.05) is 0 Å². The molecule has 1 unspecified atom stereocenters. The number of anilines is 1. The van der Waals surface area contributed by atoms with Crippen molar-refractivity contribution >= 4 is 11.8 Å². The van der Waals surface area contributed by atoms with Crippen LogP contribution in [0.1, 0.15) is 30.8 Å². The number of aromatic nitrogens is 2. The number of carboxylic acid groups (broad SMARTS) is 1. The maximum Gasteiger partial charge on any atom is 0.356 e. The molecule has 0 amide bonds. The van der Waals surface area contributed by atoms with Crippen LogP contribution < -0.4 is 4.90 Å². The number of aromatic carboxylic acids is 1. The molecular formula is C13H20N4O2. The third-order valence-corrected chi connectivity index (χ3v) is 3.69. The minimum atomic E-state index is -1.03. The highest BCUT2D eigenvalue weighted by molar-refractivity contribution is 5.85. The van der Waals surface area contributed by atoms with Gasteiger partial charge in [0.25, 0.3) is 0 Å². The Morgan fingerprint density at radius 3 is 2.63 bits per heavy atom. The quantitative estimate of drug-likeness (QED) is 0.878. The van der Waals surface area contributed by atoms with E-state index in [1.165, 1.54) is 6.20 Å². The first-order valence-corrected chi connectivity index (χ1v) is 6.66. The molecule has 1 fully saturated rings. The van der Waals surface area contributed by atoms with E-state index in [2.05, 4.69) is 33.6 Å². The standard InChI is InChI=1S/C13H20N4O2/c1-3-10(2)16-4-6-17(7-5-16)12-9-14-8-11(15-12)13(18)19/h8-10H,3-7H2,1-2H3,(H,18,19). The average molecular weight is 264 g/mol. The number of rotatable bonds is 4. The van der Waals surface area contributed by atoms with Gasteiger partial charge in [0.05, 0.1) is 12.4 Å². The van der Waals surface area contributed by atoms with Crippen LogP contribution in [0.4, 0.5) is 5.82 Å². The Morgan fingerprint density at radius 2 is 2.05 bits per heavy atom. The predicted molar refractivity (Wildman–Crippen MR) is 72.5 cm³/mol. The monoisotopic (exact) mass is 264 g/mol. The van der Waals surface area contributed by atoms with Crippen LogP contribution in [0.15, 0.2) is 12.4 Å². The van der Waals surface area contributed by atoms with E-state index >= 15 is 0 Å². The highest BCUT2D eigenvalue weighted by atomic mass is 16.4. The van der Waals surface area contributed by atoms with Crippen LogP contribution in [-0.4, -0.2) is 58.2 Å². The largest absolute Gasteiger partial charge is 0.476 e. The topological polar surface area (TPSA) is 69.6 Å². The maximum absolute atomic E-state index is 10.9. The predicted octanol–water partition coefficient (Wildman–Crippen LogP) is 1.10. The van der Waals surface area contributed by atoms with Crippen molar-refractivity contribution in [3.05, 3.63) is 18.1 Å². The molecule has 0 radical (unpaired) electrons. The molecule has 0 aliphatic carbocycles. The van der Waals surface area contributed by atoms with Gasteiger partial charge in [-0.2, -0.15) is 0 Å². The van der Waals surface area contributed by atoms with Crippen molar-refractivity contribution in [3.8, 4) is 0 Å². The lowest BCUT2D eigenvalue weighted by Crippen LogP contribution is -2.49. The zero-order valence-corrected chi connectivity index (χ0v) is 11.4. The fourth-order valence-electron chi connectivity index (χ4n) is 2.26. The zero-order chi connectivity index (χ0) is 13.8. The van der Waals surface area contributed by atoms with Crippen LogP contribution in [0.25, 0.3) is 0 Å². The van der Waals surface area contributed by atoms with E-state index in [1.54, 1.807) is 6.20 Å². The summed E-state index contributed by atoms with van der Waals surface area (Å²) in [5.41, 5.74) is 0.00172. The summed E-state index contributed by atoms with van der Waals surface area (Å²) >= 11 is 0. The second-order valence-corrected chi connectivity index (χ2v) is 4.85. The lowest BCUT2D eigenvalue weighted by molar-refractivity contribution is 0.0690. The van der Waals surface area contributed by atoms with Crippen molar-refractivity contribution in [2.45, 2.75) is 26.3 Å². The summed E-state index contributed by atoms with van der Waals surface area (Å²) in [7, 11) is 0. The van der Waals surface area contributed by atoms with Gasteiger partial charge < -0.3 is 10.0 Å². The lowest BCUT2D eigenvalue weighted by atomic mass is 10.2. The summed E-state index contributed by atoms with van der Waals surface area (Å²) in [5.74, 6) is -0.378. The Hall–Kier alpha value is -1.69. The van der Waals surface area contributed by atoms with Crippen molar-refractivity contribution < 1.29 is 9.90 Å². The summed E-state index contributed by atoms with van der Waals surface area (Å²) in [6.45, 7) is 8.12. The van der Waals surface area contributed by atoms with Crippen molar-refractivity contribution in [1.29, 1.82) is 0 Å². The Kier molecular flexibility index (Phi) is 4.31. The Bertz CT molecular complexity index is 444. The second-order valence-electron chi connectivity index (χ2n) is 4.85. The Labute approximate surface area is 113 Å². The van der Waals surface area contributed by atoms with Gasteiger partial charge >= 0.3 is 5.97 Å². The highest BCUT2D eigenvalue weighted by Gasteiger charge is 2.21. The van der Waals surface area contributed by atoms with Gasteiger partial charge in [-0.05, 0) is 13.3 Å². The van der Waals surface area contributed by atoms with Crippen molar-refractivity contribution in [1.82, 2.24) is 14.9 Å². The molecule has 1 aliphatic rings. The van der Waals surface area contributed by atoms with Gasteiger partial charge in [0.2, 0.25) is 0 Å². The number of piperazine rings is 1. The fraction of sp³-hybridized carbons (Fsp3) is 0.615. The van der Waals surface area contributed by atoms with E-state index in [0.717, 1.165) is 32.6 Å². The van der Waals surface area contributed by atoms with E-state index < -0.39 is 5.97 Å². The Morgan fingerprint density at radius 1 is 1.37 bits per heavy atom. The van der Waals surface area contributed by atoms with Gasteiger partial charge in [-0.25, -0.2) is 9.78 Å². The molecule has 6 nitrogen and oxygen atoms in total. The lowest BCUT2D eigenvalue weighted by Gasteiger charge is -2.38. The van der Waals surface area contributed by atoms with Crippen molar-refractivity contribution in [2.24, 2.45) is 0 Å². The number of hydrogen-bond acceptors (Lipinski definition) is 5. The zero-order valence-electron chi connectivity index (χ0n) is 11.4. The molecule has 0 bridgehead atoms. The molecule has 6 heteroatoms. The van der Waals surface area contributed by atoms with Crippen LogP contribution in [0.2, 0.25) is 0 Å². The first-order chi connectivity index (χ1) is 9.11. The van der Waals surface area contributed by atoms with E-state index in [4.69, 9.17) is 5.11 Å². The smallest absolute Gasteiger partial charge is 0.356 e. The molecule has 0 aromatic carbocycles. The molecule has 0 spiro atoms. The first kappa shape index (κ1) is 13.7. The summed E-state index contributed by atoms with van der Waals surface area (Å²) in [5, 5.41) is 8.93. The molecular weight excluding hydrogens is 244 g/mol. The number of hydrogen-bond donors (Lipinski definition) is 1. The molecule has 1 aromatic rings. The maximum atomic E-state index is 10.9. The van der Waals surface area contributed by atoms with Crippen LogP contribution >= 0.6 is 0 Å². The summed E-state index contributed by atoms with van der Waals surface area (Å²) < 4.78 is 0. The third-order valence-electron chi connectivity index (χ3n) is 3.69. The normalized spacial score (nSPS) is 18.3. The molecule has 2 heterocycles. The first-order valence-electron chi connectivity index (χ1n) is 6.66. The van der Waals surface area contributed by atoms with Crippen LogP contribution in [0.5, 0.6) is 0 Å².